The Labute approximate surface area is 182 Å². The maximum atomic E-state index is 10.7. The molecule has 0 amide bonds. The van der Waals surface area contributed by atoms with Crippen LogP contribution in [0.25, 0.3) is 5.57 Å². The standard InChI is InChI=1S/C26H26O3S/c1-18-4-8-21(9-5-18)24(22-10-6-19(2)7-11-22)14-15-30-25-13-12-23(16-20(25)3)29-17-26(27)28/h4-14,16H,15,17H2,1-3H3,(H,27,28). The van der Waals surface area contributed by atoms with Crippen molar-refractivity contribution in [3.63, 3.8) is 0 Å². The second kappa shape index (κ2) is 10.2. The molecule has 154 valence electrons. The van der Waals surface area contributed by atoms with Crippen LogP contribution in [0.4, 0.5) is 0 Å². The maximum Gasteiger partial charge on any atom is 0.341 e. The zero-order chi connectivity index (χ0) is 21.5. The first-order valence-electron chi connectivity index (χ1n) is 9.84. The highest BCUT2D eigenvalue weighted by atomic mass is 32.2. The summed E-state index contributed by atoms with van der Waals surface area (Å²) in [6, 6.07) is 23.0. The Kier molecular flexibility index (Phi) is 7.36. The molecule has 0 saturated carbocycles. The first kappa shape index (κ1) is 21.7. The molecule has 0 radical (unpaired) electrons. The summed E-state index contributed by atoms with van der Waals surface area (Å²) in [4.78, 5) is 11.8. The monoisotopic (exact) mass is 418 g/mol. The number of aliphatic carboxylic acids is 1. The van der Waals surface area contributed by atoms with Gasteiger partial charge < -0.3 is 9.84 Å². The first-order valence-corrected chi connectivity index (χ1v) is 10.8. The molecule has 30 heavy (non-hydrogen) atoms. The molecule has 0 aliphatic carbocycles. The molecule has 0 bridgehead atoms. The number of hydrogen-bond donors (Lipinski definition) is 1. The summed E-state index contributed by atoms with van der Waals surface area (Å²) in [6.07, 6.45) is 2.27. The number of benzene rings is 3. The highest BCUT2D eigenvalue weighted by molar-refractivity contribution is 7.99. The van der Waals surface area contributed by atoms with Gasteiger partial charge in [-0.05, 0) is 61.2 Å². The Balaban J connectivity index is 1.78. The van der Waals surface area contributed by atoms with Gasteiger partial charge in [0.2, 0.25) is 0 Å². The van der Waals surface area contributed by atoms with Gasteiger partial charge in [0, 0.05) is 10.6 Å². The van der Waals surface area contributed by atoms with Gasteiger partial charge in [-0.3, -0.25) is 0 Å². The number of carboxylic acids is 1. The summed E-state index contributed by atoms with van der Waals surface area (Å²) in [5.41, 5.74) is 7.21. The van der Waals surface area contributed by atoms with Crippen LogP contribution in [0, 0.1) is 20.8 Å². The molecule has 0 fully saturated rings. The molecule has 0 aromatic heterocycles. The number of aryl methyl sites for hydroxylation is 3. The third-order valence-corrected chi connectivity index (χ3v) is 5.86. The molecule has 4 heteroatoms. The SMILES string of the molecule is Cc1ccc(C(=CCSc2ccc(OCC(=O)O)cc2C)c2ccc(C)cc2)cc1. The molecular formula is C26H26O3S. The van der Waals surface area contributed by atoms with E-state index in [1.54, 1.807) is 11.8 Å². The first-order chi connectivity index (χ1) is 14.4. The smallest absolute Gasteiger partial charge is 0.341 e. The maximum absolute atomic E-state index is 10.7. The number of ether oxygens (including phenoxy) is 1. The van der Waals surface area contributed by atoms with Crippen molar-refractivity contribution in [3.8, 4) is 5.75 Å². The molecule has 3 rings (SSSR count). The molecule has 0 aliphatic rings. The van der Waals surface area contributed by atoms with Gasteiger partial charge in [0.1, 0.15) is 5.75 Å². The fourth-order valence-corrected chi connectivity index (χ4v) is 3.98. The number of hydrogen-bond acceptors (Lipinski definition) is 3. The second-order valence-electron chi connectivity index (χ2n) is 7.27. The van der Waals surface area contributed by atoms with E-state index in [-0.39, 0.29) is 6.61 Å². The summed E-state index contributed by atoms with van der Waals surface area (Å²) in [7, 11) is 0. The van der Waals surface area contributed by atoms with Gasteiger partial charge in [0.05, 0.1) is 0 Å². The summed E-state index contributed by atoms with van der Waals surface area (Å²) < 4.78 is 5.26. The van der Waals surface area contributed by atoms with E-state index in [4.69, 9.17) is 9.84 Å². The highest BCUT2D eigenvalue weighted by Gasteiger charge is 2.07. The second-order valence-corrected chi connectivity index (χ2v) is 8.33. The van der Waals surface area contributed by atoms with Crippen molar-refractivity contribution in [3.05, 3.63) is 101 Å². The van der Waals surface area contributed by atoms with Crippen LogP contribution >= 0.6 is 11.8 Å². The van der Waals surface area contributed by atoms with Crippen molar-refractivity contribution in [2.45, 2.75) is 25.7 Å². The predicted molar refractivity (Wildman–Crippen MR) is 124 cm³/mol. The quantitative estimate of drug-likeness (QED) is 0.436. The molecule has 0 heterocycles. The van der Waals surface area contributed by atoms with Gasteiger partial charge in [0.25, 0.3) is 0 Å². The minimum Gasteiger partial charge on any atom is -0.482 e. The van der Waals surface area contributed by atoms with Gasteiger partial charge in [-0.1, -0.05) is 65.7 Å². The van der Waals surface area contributed by atoms with Crippen LogP contribution in [0.5, 0.6) is 5.75 Å². The van der Waals surface area contributed by atoms with Crippen molar-refractivity contribution in [1.29, 1.82) is 0 Å². The molecule has 0 spiro atoms. The molecule has 0 atom stereocenters. The van der Waals surface area contributed by atoms with E-state index in [0.29, 0.717) is 5.75 Å². The molecule has 0 unspecified atom stereocenters. The fraction of sp³-hybridized carbons (Fsp3) is 0.192. The average Bonchev–Trinajstić information content (AvgIpc) is 2.72. The average molecular weight is 419 g/mol. The molecule has 0 aliphatic heterocycles. The largest absolute Gasteiger partial charge is 0.482 e. The van der Waals surface area contributed by atoms with Crippen molar-refractivity contribution in [1.82, 2.24) is 0 Å². The Morgan fingerprint density at radius 1 is 0.900 bits per heavy atom. The van der Waals surface area contributed by atoms with Crippen LogP contribution in [0.2, 0.25) is 0 Å². The van der Waals surface area contributed by atoms with E-state index in [9.17, 15) is 4.79 Å². The lowest BCUT2D eigenvalue weighted by molar-refractivity contribution is -0.139. The summed E-state index contributed by atoms with van der Waals surface area (Å²) in [5.74, 6) is 0.429. The fourth-order valence-electron chi connectivity index (χ4n) is 3.10. The van der Waals surface area contributed by atoms with Crippen LogP contribution < -0.4 is 4.74 Å². The zero-order valence-corrected chi connectivity index (χ0v) is 18.3. The predicted octanol–water partition coefficient (Wildman–Crippen LogP) is 6.30. The van der Waals surface area contributed by atoms with E-state index in [1.807, 2.05) is 25.1 Å². The molecule has 1 N–H and O–H groups in total. The van der Waals surface area contributed by atoms with Crippen molar-refractivity contribution >= 4 is 23.3 Å². The van der Waals surface area contributed by atoms with Crippen LogP contribution in [0.3, 0.4) is 0 Å². The highest BCUT2D eigenvalue weighted by Crippen LogP contribution is 2.29. The van der Waals surface area contributed by atoms with Crippen molar-refractivity contribution < 1.29 is 14.6 Å². The lowest BCUT2D eigenvalue weighted by atomic mass is 9.96. The molecular weight excluding hydrogens is 392 g/mol. The molecule has 3 aromatic carbocycles. The summed E-state index contributed by atoms with van der Waals surface area (Å²) in [6.45, 7) is 5.88. The normalized spacial score (nSPS) is 10.5. The minimum absolute atomic E-state index is 0.328. The third kappa shape index (κ3) is 6.01. The van der Waals surface area contributed by atoms with Crippen LogP contribution in [0.15, 0.2) is 77.7 Å². The number of rotatable bonds is 8. The molecule has 0 saturated heterocycles. The van der Waals surface area contributed by atoms with Crippen LogP contribution in [0.1, 0.15) is 27.8 Å². The minimum atomic E-state index is -0.976. The lowest BCUT2D eigenvalue weighted by Crippen LogP contribution is -2.09. The van der Waals surface area contributed by atoms with Gasteiger partial charge in [-0.25, -0.2) is 4.79 Å². The summed E-state index contributed by atoms with van der Waals surface area (Å²) >= 11 is 1.76. The third-order valence-electron chi connectivity index (χ3n) is 4.76. The van der Waals surface area contributed by atoms with E-state index >= 15 is 0 Å². The van der Waals surface area contributed by atoms with E-state index < -0.39 is 5.97 Å². The van der Waals surface area contributed by atoms with Gasteiger partial charge in [-0.2, -0.15) is 0 Å². The van der Waals surface area contributed by atoms with E-state index in [2.05, 4.69) is 68.5 Å². The van der Waals surface area contributed by atoms with E-state index in [1.165, 1.54) is 27.8 Å². The van der Waals surface area contributed by atoms with Crippen molar-refractivity contribution in [2.24, 2.45) is 0 Å². The Morgan fingerprint density at radius 3 is 1.97 bits per heavy atom. The lowest BCUT2D eigenvalue weighted by Gasteiger charge is -2.11. The number of carboxylic acid groups (broad SMARTS) is 1. The molecule has 3 nitrogen and oxygen atoms in total. The van der Waals surface area contributed by atoms with Gasteiger partial charge in [0.15, 0.2) is 6.61 Å². The van der Waals surface area contributed by atoms with Crippen molar-refractivity contribution in [2.75, 3.05) is 12.4 Å². The number of carbonyl (C=O) groups is 1. The topological polar surface area (TPSA) is 46.5 Å². The number of thioether (sulfide) groups is 1. The van der Waals surface area contributed by atoms with Crippen LogP contribution in [-0.2, 0) is 4.79 Å². The van der Waals surface area contributed by atoms with E-state index in [0.717, 1.165) is 16.2 Å². The van der Waals surface area contributed by atoms with Crippen LogP contribution in [-0.4, -0.2) is 23.4 Å². The van der Waals surface area contributed by atoms with Gasteiger partial charge in [-0.15, -0.1) is 11.8 Å². The Hall–Kier alpha value is -2.98. The Bertz CT molecular complexity index is 987. The summed E-state index contributed by atoms with van der Waals surface area (Å²) in [5, 5.41) is 8.75. The van der Waals surface area contributed by atoms with Gasteiger partial charge >= 0.3 is 5.97 Å². The Morgan fingerprint density at radius 2 is 1.47 bits per heavy atom. The molecule has 3 aromatic rings. The zero-order valence-electron chi connectivity index (χ0n) is 17.5.